The molecule has 0 amide bonds. The minimum atomic E-state index is -0.811. The van der Waals surface area contributed by atoms with Crippen molar-refractivity contribution >= 4 is 17.9 Å². The summed E-state index contributed by atoms with van der Waals surface area (Å²) < 4.78 is 10.5. The molecular weight excluding hydrogens is 314 g/mol. The van der Waals surface area contributed by atoms with E-state index >= 15 is 0 Å². The maximum atomic E-state index is 10.6. The smallest absolute Gasteiger partial charge is 0.293 e. The fraction of sp³-hybridized carbons (Fsp3) is 0.0667. The van der Waals surface area contributed by atoms with Gasteiger partial charge in [0, 0.05) is 5.69 Å². The topological polar surface area (TPSA) is 110 Å². The summed E-state index contributed by atoms with van der Waals surface area (Å²) in [5.41, 5.74) is 3.90. The third-order valence-electron chi connectivity index (χ3n) is 3.00. The Morgan fingerprint density at radius 3 is 2.75 bits per heavy atom. The molecule has 0 fully saturated rings. The molecule has 0 unspecified atom stereocenters. The normalized spacial score (nSPS) is 13.1. The van der Waals surface area contributed by atoms with Crippen molar-refractivity contribution < 1.29 is 14.5 Å². The lowest BCUT2D eigenvalue weighted by Crippen LogP contribution is -2.27. The Bertz CT molecular complexity index is 792. The van der Waals surface area contributed by atoms with Crippen molar-refractivity contribution in [3.8, 4) is 11.5 Å². The van der Waals surface area contributed by atoms with Gasteiger partial charge in [0.15, 0.2) is 16.5 Å². The highest BCUT2D eigenvalue weighted by Gasteiger charge is 2.12. The van der Waals surface area contributed by atoms with Crippen LogP contribution in [0.1, 0.15) is 5.56 Å². The summed E-state index contributed by atoms with van der Waals surface area (Å²) in [6, 6.07) is 14.2. The standard InChI is InChI=1S/C15H13N5O4/c21-20(22)19-15(17-12-4-2-1-3-5-12)18-16-9-11-6-7-13-14(8-11)24-10-23-13/h1-9H,10H2,(H2,17,18,19)/b16-9+. The van der Waals surface area contributed by atoms with Crippen molar-refractivity contribution in [2.75, 3.05) is 12.1 Å². The Morgan fingerprint density at radius 1 is 1.17 bits per heavy atom. The van der Waals surface area contributed by atoms with Crippen LogP contribution in [-0.2, 0) is 0 Å². The van der Waals surface area contributed by atoms with Gasteiger partial charge in [-0.2, -0.15) is 5.10 Å². The van der Waals surface area contributed by atoms with Gasteiger partial charge in [-0.15, -0.1) is 0 Å². The molecule has 1 heterocycles. The number of hydrogen-bond acceptors (Lipinski definition) is 5. The Kier molecular flexibility index (Phi) is 4.52. The van der Waals surface area contributed by atoms with Crippen molar-refractivity contribution in [3.63, 3.8) is 0 Å². The molecule has 3 rings (SSSR count). The summed E-state index contributed by atoms with van der Waals surface area (Å²) in [7, 11) is 0. The molecule has 0 bridgehead atoms. The molecular formula is C15H13N5O4. The summed E-state index contributed by atoms with van der Waals surface area (Å²) in [5.74, 6) is 1.19. The lowest BCUT2D eigenvalue weighted by Gasteiger charge is -2.05. The van der Waals surface area contributed by atoms with Gasteiger partial charge in [-0.25, -0.2) is 15.5 Å². The first kappa shape index (κ1) is 15.3. The van der Waals surface area contributed by atoms with E-state index < -0.39 is 5.03 Å². The van der Waals surface area contributed by atoms with E-state index in [-0.39, 0.29) is 12.8 Å². The number of anilines is 1. The molecule has 0 atom stereocenters. The van der Waals surface area contributed by atoms with Crippen LogP contribution in [-0.4, -0.2) is 24.0 Å². The second-order valence-corrected chi connectivity index (χ2v) is 4.66. The van der Waals surface area contributed by atoms with Crippen LogP contribution < -0.4 is 20.2 Å². The maximum absolute atomic E-state index is 10.6. The van der Waals surface area contributed by atoms with E-state index in [1.54, 1.807) is 42.5 Å². The van der Waals surface area contributed by atoms with Gasteiger partial charge in [0.05, 0.1) is 6.21 Å². The summed E-state index contributed by atoms with van der Waals surface area (Å²) in [6.45, 7) is 0.189. The van der Waals surface area contributed by atoms with Crippen molar-refractivity contribution in [2.45, 2.75) is 0 Å². The lowest BCUT2D eigenvalue weighted by atomic mass is 10.2. The van der Waals surface area contributed by atoms with E-state index in [2.05, 4.69) is 20.9 Å². The first-order valence-electron chi connectivity index (χ1n) is 6.94. The second kappa shape index (κ2) is 7.09. The van der Waals surface area contributed by atoms with Gasteiger partial charge in [-0.1, -0.05) is 18.2 Å². The van der Waals surface area contributed by atoms with E-state index in [4.69, 9.17) is 9.47 Å². The van der Waals surface area contributed by atoms with Crippen LogP contribution in [0.4, 0.5) is 5.69 Å². The summed E-state index contributed by atoms with van der Waals surface area (Å²) in [4.78, 5) is 10.6. The van der Waals surface area contributed by atoms with Gasteiger partial charge >= 0.3 is 0 Å². The van der Waals surface area contributed by atoms with Crippen molar-refractivity contribution in [1.82, 2.24) is 5.43 Å². The summed E-state index contributed by atoms with van der Waals surface area (Å²) in [6.07, 6.45) is 1.49. The van der Waals surface area contributed by atoms with Crippen LogP contribution in [0.2, 0.25) is 0 Å². The Labute approximate surface area is 136 Å². The van der Waals surface area contributed by atoms with Crippen LogP contribution in [0.5, 0.6) is 11.5 Å². The van der Waals surface area contributed by atoms with Crippen LogP contribution in [0, 0.1) is 10.1 Å². The minimum absolute atomic E-state index is 0.108. The zero-order valence-corrected chi connectivity index (χ0v) is 12.4. The average Bonchev–Trinajstić information content (AvgIpc) is 3.03. The zero-order chi connectivity index (χ0) is 16.8. The molecule has 9 nitrogen and oxygen atoms in total. The predicted molar refractivity (Wildman–Crippen MR) is 87.8 cm³/mol. The van der Waals surface area contributed by atoms with Gasteiger partial charge in [-0.05, 0) is 35.9 Å². The molecule has 0 spiro atoms. The fourth-order valence-electron chi connectivity index (χ4n) is 1.98. The van der Waals surface area contributed by atoms with Gasteiger partial charge in [0.1, 0.15) is 5.10 Å². The second-order valence-electron chi connectivity index (χ2n) is 4.66. The number of benzene rings is 2. The molecule has 0 saturated heterocycles. The number of guanidine groups is 1. The van der Waals surface area contributed by atoms with Crippen molar-refractivity contribution in [3.05, 3.63) is 64.2 Å². The zero-order valence-electron chi connectivity index (χ0n) is 12.4. The van der Waals surface area contributed by atoms with E-state index in [1.165, 1.54) is 6.21 Å². The number of nitrogens with one attached hydrogen (secondary N) is 2. The highest BCUT2D eigenvalue weighted by atomic mass is 16.7. The first-order chi connectivity index (χ1) is 11.7. The molecule has 2 aromatic rings. The first-order valence-corrected chi connectivity index (χ1v) is 6.94. The molecule has 1 aliphatic heterocycles. The molecule has 0 saturated carbocycles. The van der Waals surface area contributed by atoms with E-state index in [0.29, 0.717) is 17.2 Å². The number of rotatable bonds is 4. The third-order valence-corrected chi connectivity index (χ3v) is 3.00. The third kappa shape index (κ3) is 3.97. The van der Waals surface area contributed by atoms with Crippen LogP contribution >= 0.6 is 0 Å². The molecule has 0 radical (unpaired) electrons. The number of hydrazone groups is 2. The largest absolute Gasteiger partial charge is 0.454 e. The highest BCUT2D eigenvalue weighted by Crippen LogP contribution is 2.31. The Hall–Kier alpha value is -3.62. The van der Waals surface area contributed by atoms with Crippen LogP contribution in [0.25, 0.3) is 0 Å². The molecule has 2 aromatic carbocycles. The van der Waals surface area contributed by atoms with Gasteiger partial charge in [0.2, 0.25) is 6.79 Å². The van der Waals surface area contributed by atoms with E-state index in [9.17, 15) is 10.1 Å². The molecule has 9 heteroatoms. The Balaban J connectivity index is 1.68. The van der Waals surface area contributed by atoms with Gasteiger partial charge in [-0.3, -0.25) is 0 Å². The van der Waals surface area contributed by atoms with E-state index in [1.807, 2.05) is 6.07 Å². The van der Waals surface area contributed by atoms with Crippen LogP contribution in [0.3, 0.4) is 0 Å². The maximum Gasteiger partial charge on any atom is 0.293 e. The van der Waals surface area contributed by atoms with Crippen LogP contribution in [0.15, 0.2) is 58.7 Å². The molecule has 1 aliphatic rings. The lowest BCUT2D eigenvalue weighted by molar-refractivity contribution is -0.485. The SMILES string of the molecule is O=[N+]([O-])/N=C(/N/N=C/c1ccc2c(c1)OCO2)Nc1ccccc1. The number of para-hydroxylation sites is 1. The molecule has 0 aromatic heterocycles. The number of fused-ring (bicyclic) bond motifs is 1. The Morgan fingerprint density at radius 2 is 1.96 bits per heavy atom. The van der Waals surface area contributed by atoms with Crippen molar-refractivity contribution in [2.24, 2.45) is 10.2 Å². The summed E-state index contributed by atoms with van der Waals surface area (Å²) >= 11 is 0. The van der Waals surface area contributed by atoms with Gasteiger partial charge < -0.3 is 14.8 Å². The molecule has 0 aliphatic carbocycles. The quantitative estimate of drug-likeness (QED) is 0.384. The number of ether oxygens (including phenoxy) is 2. The number of hydrogen-bond donors (Lipinski definition) is 2. The predicted octanol–water partition coefficient (Wildman–Crippen LogP) is 2.00. The number of nitrogens with zero attached hydrogens (tertiary/aromatic N) is 3. The van der Waals surface area contributed by atoms with E-state index in [0.717, 1.165) is 5.56 Å². The molecule has 24 heavy (non-hydrogen) atoms. The molecule has 2 N–H and O–H groups in total. The molecule has 122 valence electrons. The van der Waals surface area contributed by atoms with Gasteiger partial charge in [0.25, 0.3) is 5.96 Å². The van der Waals surface area contributed by atoms with Crippen molar-refractivity contribution in [1.29, 1.82) is 0 Å². The highest BCUT2D eigenvalue weighted by molar-refractivity contribution is 5.93. The minimum Gasteiger partial charge on any atom is -0.454 e. The fourth-order valence-corrected chi connectivity index (χ4v) is 1.98. The average molecular weight is 327 g/mol. The summed E-state index contributed by atoms with van der Waals surface area (Å²) in [5, 5.41) is 19.7. The monoisotopic (exact) mass is 327 g/mol. The number of nitro groups is 1.